The lowest BCUT2D eigenvalue weighted by atomic mass is 10.1. The SMILES string of the molecule is CN(C)CCCN(C)c1c(F)cccc1/C=C/C(=O)O. The van der Waals surface area contributed by atoms with Crippen LogP contribution in [-0.4, -0.2) is 50.2 Å². The van der Waals surface area contributed by atoms with E-state index in [-0.39, 0.29) is 5.82 Å². The molecule has 1 N–H and O–H groups in total. The third-order valence-electron chi connectivity index (χ3n) is 2.90. The van der Waals surface area contributed by atoms with E-state index in [1.165, 1.54) is 12.1 Å². The smallest absolute Gasteiger partial charge is 0.328 e. The fourth-order valence-corrected chi connectivity index (χ4v) is 1.97. The number of nitrogens with zero attached hydrogens (tertiary/aromatic N) is 2. The molecule has 0 radical (unpaired) electrons. The fourth-order valence-electron chi connectivity index (χ4n) is 1.97. The number of halogens is 1. The van der Waals surface area contributed by atoms with Gasteiger partial charge in [-0.25, -0.2) is 9.18 Å². The number of rotatable bonds is 7. The van der Waals surface area contributed by atoms with Crippen LogP contribution in [0.15, 0.2) is 24.3 Å². The Morgan fingerprint density at radius 2 is 2.00 bits per heavy atom. The summed E-state index contributed by atoms with van der Waals surface area (Å²) in [5, 5.41) is 8.68. The zero-order chi connectivity index (χ0) is 15.1. The molecule has 5 heteroatoms. The summed E-state index contributed by atoms with van der Waals surface area (Å²) < 4.78 is 14.0. The van der Waals surface area contributed by atoms with Crippen molar-refractivity contribution in [3.63, 3.8) is 0 Å². The number of hydrogen-bond acceptors (Lipinski definition) is 3. The summed E-state index contributed by atoms with van der Waals surface area (Å²) in [6.07, 6.45) is 3.34. The predicted molar refractivity (Wildman–Crippen MR) is 79.5 cm³/mol. The third kappa shape index (κ3) is 5.01. The molecule has 0 aliphatic heterocycles. The van der Waals surface area contributed by atoms with Gasteiger partial charge in [0.15, 0.2) is 0 Å². The van der Waals surface area contributed by atoms with Gasteiger partial charge in [-0.2, -0.15) is 0 Å². The van der Waals surface area contributed by atoms with Gasteiger partial charge in [-0.3, -0.25) is 0 Å². The molecular weight excluding hydrogens is 259 g/mol. The van der Waals surface area contributed by atoms with Gasteiger partial charge in [0, 0.05) is 25.2 Å². The van der Waals surface area contributed by atoms with E-state index in [1.54, 1.807) is 12.1 Å². The largest absolute Gasteiger partial charge is 0.478 e. The van der Waals surface area contributed by atoms with Crippen molar-refractivity contribution in [2.45, 2.75) is 6.42 Å². The van der Waals surface area contributed by atoms with E-state index in [0.717, 1.165) is 19.0 Å². The van der Waals surface area contributed by atoms with Gasteiger partial charge in [0.2, 0.25) is 0 Å². The van der Waals surface area contributed by atoms with Gasteiger partial charge >= 0.3 is 5.97 Å². The van der Waals surface area contributed by atoms with Gasteiger partial charge in [-0.05, 0) is 39.2 Å². The molecule has 20 heavy (non-hydrogen) atoms. The summed E-state index contributed by atoms with van der Waals surface area (Å²) in [5.41, 5.74) is 1.00. The Kier molecular flexibility index (Phi) is 6.18. The highest BCUT2D eigenvalue weighted by Crippen LogP contribution is 2.24. The van der Waals surface area contributed by atoms with E-state index in [0.29, 0.717) is 17.8 Å². The second-order valence-corrected chi connectivity index (χ2v) is 4.93. The molecule has 0 saturated heterocycles. The molecular formula is C15H21FN2O2. The summed E-state index contributed by atoms with van der Waals surface area (Å²) in [6, 6.07) is 4.67. The number of anilines is 1. The highest BCUT2D eigenvalue weighted by Gasteiger charge is 2.11. The van der Waals surface area contributed by atoms with Gasteiger partial charge in [0.25, 0.3) is 0 Å². The lowest BCUT2D eigenvalue weighted by Crippen LogP contribution is -2.24. The van der Waals surface area contributed by atoms with Crippen LogP contribution in [0.3, 0.4) is 0 Å². The number of carboxylic acid groups (broad SMARTS) is 1. The van der Waals surface area contributed by atoms with Crippen molar-refractivity contribution in [1.82, 2.24) is 4.90 Å². The molecule has 0 aliphatic rings. The maximum atomic E-state index is 14.0. The Labute approximate surface area is 119 Å². The molecule has 4 nitrogen and oxygen atoms in total. The van der Waals surface area contributed by atoms with Crippen molar-refractivity contribution in [2.24, 2.45) is 0 Å². The third-order valence-corrected chi connectivity index (χ3v) is 2.90. The van der Waals surface area contributed by atoms with Crippen molar-refractivity contribution in [2.75, 3.05) is 39.1 Å². The molecule has 0 aliphatic carbocycles. The average molecular weight is 280 g/mol. The molecule has 0 heterocycles. The predicted octanol–water partition coefficient (Wildman–Crippen LogP) is 2.31. The van der Waals surface area contributed by atoms with Crippen molar-refractivity contribution >= 4 is 17.7 Å². The van der Waals surface area contributed by atoms with Crippen LogP contribution >= 0.6 is 0 Å². The number of aliphatic carboxylic acids is 1. The van der Waals surface area contributed by atoms with Gasteiger partial charge in [-0.1, -0.05) is 12.1 Å². The Morgan fingerprint density at radius 3 is 2.60 bits per heavy atom. The fraction of sp³-hybridized carbons (Fsp3) is 0.400. The number of benzene rings is 1. The van der Waals surface area contributed by atoms with Crippen LogP contribution in [0.5, 0.6) is 0 Å². The Morgan fingerprint density at radius 1 is 1.30 bits per heavy atom. The minimum Gasteiger partial charge on any atom is -0.478 e. The van der Waals surface area contributed by atoms with Crippen molar-refractivity contribution < 1.29 is 14.3 Å². The van der Waals surface area contributed by atoms with Crippen molar-refractivity contribution in [3.8, 4) is 0 Å². The highest BCUT2D eigenvalue weighted by molar-refractivity contribution is 5.87. The van der Waals surface area contributed by atoms with E-state index in [1.807, 2.05) is 26.0 Å². The average Bonchev–Trinajstić information content (AvgIpc) is 2.35. The lowest BCUT2D eigenvalue weighted by molar-refractivity contribution is -0.131. The summed E-state index contributed by atoms with van der Waals surface area (Å²) >= 11 is 0. The van der Waals surface area contributed by atoms with Gasteiger partial charge in [-0.15, -0.1) is 0 Å². The molecule has 0 atom stereocenters. The minimum absolute atomic E-state index is 0.343. The number of carbonyl (C=O) groups is 1. The quantitative estimate of drug-likeness (QED) is 0.778. The van der Waals surface area contributed by atoms with Crippen LogP contribution in [0.2, 0.25) is 0 Å². The van der Waals surface area contributed by atoms with Crippen LogP contribution in [0.25, 0.3) is 6.08 Å². The standard InChI is InChI=1S/C15H21FN2O2/c1-17(2)10-5-11-18(3)15-12(8-9-14(19)20)6-4-7-13(15)16/h4,6-9H,5,10-11H2,1-3H3,(H,19,20)/b9-8+. The van der Waals surface area contributed by atoms with Crippen LogP contribution in [0.1, 0.15) is 12.0 Å². The summed E-state index contributed by atoms with van der Waals surface area (Å²) in [6.45, 7) is 1.62. The van der Waals surface area contributed by atoms with Gasteiger partial charge in [0.1, 0.15) is 5.82 Å². The molecule has 1 aromatic rings. The van der Waals surface area contributed by atoms with Gasteiger partial charge in [0.05, 0.1) is 5.69 Å². The van der Waals surface area contributed by atoms with E-state index in [2.05, 4.69) is 4.90 Å². The Hall–Kier alpha value is -1.88. The first kappa shape index (κ1) is 16.2. The molecule has 1 aromatic carbocycles. The Bertz CT molecular complexity index is 487. The number of carboxylic acids is 1. The first-order valence-corrected chi connectivity index (χ1v) is 6.47. The minimum atomic E-state index is -1.05. The maximum Gasteiger partial charge on any atom is 0.328 e. The second-order valence-electron chi connectivity index (χ2n) is 4.93. The number of para-hydroxylation sites is 1. The molecule has 0 bridgehead atoms. The number of hydrogen-bond donors (Lipinski definition) is 1. The summed E-state index contributed by atoms with van der Waals surface area (Å²) in [4.78, 5) is 14.5. The van der Waals surface area contributed by atoms with Crippen LogP contribution in [0.4, 0.5) is 10.1 Å². The van der Waals surface area contributed by atoms with Crippen LogP contribution < -0.4 is 4.90 Å². The van der Waals surface area contributed by atoms with E-state index >= 15 is 0 Å². The topological polar surface area (TPSA) is 43.8 Å². The molecule has 0 unspecified atom stereocenters. The lowest BCUT2D eigenvalue weighted by Gasteiger charge is -2.23. The molecule has 1 rings (SSSR count). The van der Waals surface area contributed by atoms with Crippen molar-refractivity contribution in [3.05, 3.63) is 35.7 Å². The van der Waals surface area contributed by atoms with Crippen LogP contribution in [0, 0.1) is 5.82 Å². The van der Waals surface area contributed by atoms with E-state index < -0.39 is 5.97 Å². The highest BCUT2D eigenvalue weighted by atomic mass is 19.1. The van der Waals surface area contributed by atoms with Gasteiger partial charge < -0.3 is 14.9 Å². The molecule has 110 valence electrons. The zero-order valence-electron chi connectivity index (χ0n) is 12.1. The monoisotopic (exact) mass is 280 g/mol. The second kappa shape index (κ2) is 7.65. The molecule has 0 aromatic heterocycles. The normalized spacial score (nSPS) is 11.2. The molecule has 0 fully saturated rings. The first-order valence-electron chi connectivity index (χ1n) is 6.47. The van der Waals surface area contributed by atoms with Crippen molar-refractivity contribution in [1.29, 1.82) is 0 Å². The van der Waals surface area contributed by atoms with E-state index in [4.69, 9.17) is 5.11 Å². The zero-order valence-corrected chi connectivity index (χ0v) is 12.1. The summed E-state index contributed by atoms with van der Waals surface area (Å²) in [5.74, 6) is -1.39. The summed E-state index contributed by atoms with van der Waals surface area (Å²) in [7, 11) is 5.79. The maximum absolute atomic E-state index is 14.0. The molecule has 0 spiro atoms. The molecule has 0 saturated carbocycles. The van der Waals surface area contributed by atoms with E-state index in [9.17, 15) is 9.18 Å². The van der Waals surface area contributed by atoms with Crippen LogP contribution in [-0.2, 0) is 4.79 Å². The molecule has 0 amide bonds. The Balaban J connectivity index is 2.88. The first-order chi connectivity index (χ1) is 9.41.